The maximum Gasteiger partial charge on any atom is 0.316 e. The molecule has 1 amide bonds. The summed E-state index contributed by atoms with van der Waals surface area (Å²) in [7, 11) is 0. The molecule has 0 bridgehead atoms. The predicted octanol–water partition coefficient (Wildman–Crippen LogP) is 3.22. The Kier molecular flexibility index (Phi) is 4.82. The van der Waals surface area contributed by atoms with Crippen molar-refractivity contribution in [3.8, 4) is 11.4 Å². The molecule has 0 radical (unpaired) electrons. The van der Waals surface area contributed by atoms with E-state index in [1.165, 1.54) is 12.8 Å². The third-order valence-corrected chi connectivity index (χ3v) is 4.70. The van der Waals surface area contributed by atoms with Crippen LogP contribution in [0.1, 0.15) is 42.1 Å². The molecule has 0 spiro atoms. The number of carbonyl (C=O) groups excluding carboxylic acids is 1. The summed E-state index contributed by atoms with van der Waals surface area (Å²) in [6, 6.07) is 13.3. The van der Waals surface area contributed by atoms with Gasteiger partial charge in [0.1, 0.15) is 5.82 Å². The van der Waals surface area contributed by atoms with Crippen LogP contribution < -0.4 is 10.2 Å². The molecule has 1 aliphatic rings. The van der Waals surface area contributed by atoms with Gasteiger partial charge in [0.05, 0.1) is 6.04 Å². The first-order valence-corrected chi connectivity index (χ1v) is 9.11. The normalized spacial score (nSPS) is 14.9. The fourth-order valence-corrected chi connectivity index (χ4v) is 3.19. The van der Waals surface area contributed by atoms with E-state index in [0.29, 0.717) is 5.82 Å². The molecule has 0 unspecified atom stereocenters. The van der Waals surface area contributed by atoms with E-state index in [2.05, 4.69) is 25.3 Å². The van der Waals surface area contributed by atoms with Crippen LogP contribution in [0.5, 0.6) is 0 Å². The summed E-state index contributed by atoms with van der Waals surface area (Å²) in [5.41, 5.74) is 1.79. The average molecular weight is 363 g/mol. The number of carbonyl (C=O) groups is 1. The lowest BCUT2D eigenvalue weighted by atomic mass is 10.1. The van der Waals surface area contributed by atoms with Gasteiger partial charge in [0.25, 0.3) is 0 Å². The molecular formula is C20H21N5O2. The van der Waals surface area contributed by atoms with Gasteiger partial charge in [0.2, 0.25) is 5.82 Å². The minimum Gasteiger partial charge on any atom is -0.357 e. The first kappa shape index (κ1) is 17.2. The Balaban J connectivity index is 1.48. The Hall–Kier alpha value is -3.22. The predicted molar refractivity (Wildman–Crippen MR) is 101 cm³/mol. The van der Waals surface area contributed by atoms with Gasteiger partial charge in [-0.05, 0) is 37.5 Å². The van der Waals surface area contributed by atoms with E-state index < -0.39 is 0 Å². The van der Waals surface area contributed by atoms with E-state index in [9.17, 15) is 4.79 Å². The van der Waals surface area contributed by atoms with Crippen molar-refractivity contribution in [3.05, 3.63) is 60.1 Å². The van der Waals surface area contributed by atoms with Crippen molar-refractivity contribution in [2.24, 2.45) is 0 Å². The summed E-state index contributed by atoms with van der Waals surface area (Å²) < 4.78 is 5.18. The molecule has 0 saturated carbocycles. The van der Waals surface area contributed by atoms with E-state index in [0.717, 1.165) is 30.0 Å². The van der Waals surface area contributed by atoms with Gasteiger partial charge in [0.15, 0.2) is 0 Å². The van der Waals surface area contributed by atoms with Crippen LogP contribution in [0.15, 0.2) is 53.2 Å². The second kappa shape index (κ2) is 7.57. The molecule has 3 aromatic rings. The SMILES string of the molecule is C[C@@H](NC(=O)c1nc(-c2ccnc(N3CCCC3)c2)no1)c1ccccc1. The van der Waals surface area contributed by atoms with Crippen molar-refractivity contribution in [2.45, 2.75) is 25.8 Å². The maximum absolute atomic E-state index is 12.4. The van der Waals surface area contributed by atoms with E-state index >= 15 is 0 Å². The van der Waals surface area contributed by atoms with E-state index in [4.69, 9.17) is 4.52 Å². The van der Waals surface area contributed by atoms with Crippen LogP contribution >= 0.6 is 0 Å². The van der Waals surface area contributed by atoms with Crippen molar-refractivity contribution in [1.29, 1.82) is 0 Å². The number of rotatable bonds is 5. The summed E-state index contributed by atoms with van der Waals surface area (Å²) in [5, 5.41) is 6.84. The maximum atomic E-state index is 12.4. The number of nitrogens with one attached hydrogen (secondary N) is 1. The number of aromatic nitrogens is 3. The van der Waals surface area contributed by atoms with Crippen molar-refractivity contribution in [2.75, 3.05) is 18.0 Å². The molecule has 0 aliphatic carbocycles. The van der Waals surface area contributed by atoms with Gasteiger partial charge in [-0.3, -0.25) is 4.79 Å². The molecule has 1 N–H and O–H groups in total. The fraction of sp³-hybridized carbons (Fsp3) is 0.300. The van der Waals surface area contributed by atoms with Gasteiger partial charge in [-0.25, -0.2) is 4.98 Å². The first-order chi connectivity index (χ1) is 13.2. The highest BCUT2D eigenvalue weighted by atomic mass is 16.5. The fourth-order valence-electron chi connectivity index (χ4n) is 3.19. The van der Waals surface area contributed by atoms with Gasteiger partial charge in [0, 0.05) is 24.8 Å². The number of pyridine rings is 1. The highest BCUT2D eigenvalue weighted by molar-refractivity contribution is 5.90. The minimum atomic E-state index is -0.390. The molecule has 7 nitrogen and oxygen atoms in total. The second-order valence-electron chi connectivity index (χ2n) is 6.63. The quantitative estimate of drug-likeness (QED) is 0.749. The monoisotopic (exact) mass is 363 g/mol. The molecule has 1 saturated heterocycles. The standard InChI is InChI=1S/C20H21N5O2/c1-14(15-7-3-2-4-8-15)22-19(26)20-23-18(24-27-20)16-9-10-21-17(13-16)25-11-5-6-12-25/h2-4,7-10,13-14H,5-6,11-12H2,1H3,(H,22,26)/t14-/m1/s1. The molecule has 2 aromatic heterocycles. The van der Waals surface area contributed by atoms with Gasteiger partial charge in [-0.15, -0.1) is 0 Å². The van der Waals surface area contributed by atoms with Crippen molar-refractivity contribution in [1.82, 2.24) is 20.4 Å². The van der Waals surface area contributed by atoms with Crippen LogP contribution in [-0.4, -0.2) is 34.1 Å². The molecule has 1 atom stereocenters. The van der Waals surface area contributed by atoms with E-state index in [1.54, 1.807) is 6.20 Å². The van der Waals surface area contributed by atoms with Crippen molar-refractivity contribution < 1.29 is 9.32 Å². The van der Waals surface area contributed by atoms with Crippen LogP contribution in [-0.2, 0) is 0 Å². The average Bonchev–Trinajstić information content (AvgIpc) is 3.41. The van der Waals surface area contributed by atoms with E-state index in [-0.39, 0.29) is 17.8 Å². The molecule has 3 heterocycles. The number of amides is 1. The second-order valence-corrected chi connectivity index (χ2v) is 6.63. The Morgan fingerprint density at radius 1 is 1.19 bits per heavy atom. The van der Waals surface area contributed by atoms with E-state index in [1.807, 2.05) is 49.4 Å². The molecular weight excluding hydrogens is 342 g/mol. The molecule has 1 aliphatic heterocycles. The number of nitrogens with zero attached hydrogens (tertiary/aromatic N) is 4. The number of anilines is 1. The molecule has 27 heavy (non-hydrogen) atoms. The zero-order valence-corrected chi connectivity index (χ0v) is 15.1. The molecule has 1 aromatic carbocycles. The summed E-state index contributed by atoms with van der Waals surface area (Å²) in [5.74, 6) is 0.847. The number of hydrogen-bond donors (Lipinski definition) is 1. The Labute approximate surface area is 157 Å². The summed E-state index contributed by atoms with van der Waals surface area (Å²) in [6.45, 7) is 3.93. The largest absolute Gasteiger partial charge is 0.357 e. The Morgan fingerprint density at radius 3 is 2.74 bits per heavy atom. The lowest BCUT2D eigenvalue weighted by Gasteiger charge is -2.16. The third kappa shape index (κ3) is 3.81. The summed E-state index contributed by atoms with van der Waals surface area (Å²) in [6.07, 6.45) is 4.09. The van der Waals surface area contributed by atoms with Crippen LogP contribution in [0.25, 0.3) is 11.4 Å². The van der Waals surface area contributed by atoms with Crippen LogP contribution in [0.3, 0.4) is 0 Å². The zero-order chi connectivity index (χ0) is 18.6. The Bertz CT molecular complexity index is 919. The number of hydrogen-bond acceptors (Lipinski definition) is 6. The first-order valence-electron chi connectivity index (χ1n) is 9.11. The molecule has 4 rings (SSSR count). The van der Waals surface area contributed by atoms with Gasteiger partial charge in [-0.2, -0.15) is 4.98 Å². The molecule has 1 fully saturated rings. The van der Waals surface area contributed by atoms with Crippen LogP contribution in [0, 0.1) is 0 Å². The zero-order valence-electron chi connectivity index (χ0n) is 15.1. The smallest absolute Gasteiger partial charge is 0.316 e. The summed E-state index contributed by atoms with van der Waals surface area (Å²) in [4.78, 5) is 23.3. The van der Waals surface area contributed by atoms with Crippen molar-refractivity contribution in [3.63, 3.8) is 0 Å². The minimum absolute atomic E-state index is 0.0488. The molecule has 7 heteroatoms. The van der Waals surface area contributed by atoms with Gasteiger partial charge in [-0.1, -0.05) is 35.5 Å². The van der Waals surface area contributed by atoms with Gasteiger partial charge < -0.3 is 14.7 Å². The molecule has 138 valence electrons. The van der Waals surface area contributed by atoms with Crippen LogP contribution in [0.2, 0.25) is 0 Å². The van der Waals surface area contributed by atoms with Crippen LogP contribution in [0.4, 0.5) is 5.82 Å². The van der Waals surface area contributed by atoms with Gasteiger partial charge >= 0.3 is 11.8 Å². The topological polar surface area (TPSA) is 84.2 Å². The lowest BCUT2D eigenvalue weighted by molar-refractivity contribution is 0.0895. The van der Waals surface area contributed by atoms with Crippen molar-refractivity contribution >= 4 is 11.7 Å². The third-order valence-electron chi connectivity index (χ3n) is 4.70. The Morgan fingerprint density at radius 2 is 1.96 bits per heavy atom. The summed E-state index contributed by atoms with van der Waals surface area (Å²) >= 11 is 0. The lowest BCUT2D eigenvalue weighted by Crippen LogP contribution is -2.26. The number of benzene rings is 1. The highest BCUT2D eigenvalue weighted by Crippen LogP contribution is 2.23. The highest BCUT2D eigenvalue weighted by Gasteiger charge is 2.20.